The maximum Gasteiger partial charge on any atom is 0.175 e. The van der Waals surface area contributed by atoms with Gasteiger partial charge in [0.2, 0.25) is 0 Å². The van der Waals surface area contributed by atoms with Gasteiger partial charge in [0.05, 0.1) is 4.90 Å². The van der Waals surface area contributed by atoms with Crippen LogP contribution in [0.4, 0.5) is 0 Å². The number of likely N-dealkylation sites (tertiary alicyclic amines) is 1. The lowest BCUT2D eigenvalue weighted by Gasteiger charge is -2.41. The largest absolute Gasteiger partial charge is 0.488 e. The zero-order valence-electron chi connectivity index (χ0n) is 11.0. The van der Waals surface area contributed by atoms with Crippen LogP contribution in [0.2, 0.25) is 0 Å². The minimum Gasteiger partial charge on any atom is -0.488 e. The molecule has 1 heterocycles. The molecule has 0 bridgehead atoms. The van der Waals surface area contributed by atoms with E-state index in [1.807, 2.05) is 0 Å². The van der Waals surface area contributed by atoms with Gasteiger partial charge >= 0.3 is 0 Å². The van der Waals surface area contributed by atoms with Crippen molar-refractivity contribution in [2.45, 2.75) is 30.9 Å². The molecule has 1 aliphatic rings. The summed E-state index contributed by atoms with van der Waals surface area (Å²) < 4.78 is 28.6. The predicted octanol–water partition coefficient (Wildman–Crippen LogP) is 1.56. The van der Waals surface area contributed by atoms with Crippen LogP contribution in [0.25, 0.3) is 0 Å². The van der Waals surface area contributed by atoms with Gasteiger partial charge in [-0.05, 0) is 32.0 Å². The van der Waals surface area contributed by atoms with Crippen LogP contribution in [-0.4, -0.2) is 44.8 Å². The van der Waals surface area contributed by atoms with Gasteiger partial charge in [-0.1, -0.05) is 6.07 Å². The maximum atomic E-state index is 11.4. The van der Waals surface area contributed by atoms with Crippen molar-refractivity contribution in [2.24, 2.45) is 0 Å². The first-order chi connectivity index (χ1) is 8.36. The van der Waals surface area contributed by atoms with Crippen molar-refractivity contribution in [1.29, 1.82) is 0 Å². The van der Waals surface area contributed by atoms with E-state index < -0.39 is 9.84 Å². The second kappa shape index (κ2) is 4.90. The number of nitrogens with zero attached hydrogens (tertiary/aromatic N) is 1. The first-order valence-corrected chi connectivity index (χ1v) is 7.96. The highest BCUT2D eigenvalue weighted by molar-refractivity contribution is 7.90. The van der Waals surface area contributed by atoms with Crippen LogP contribution in [0, 0.1) is 0 Å². The molecule has 5 heteroatoms. The van der Waals surface area contributed by atoms with Crippen LogP contribution in [0.15, 0.2) is 29.2 Å². The molecule has 0 radical (unpaired) electrons. The number of rotatable bonds is 4. The van der Waals surface area contributed by atoms with E-state index in [0.717, 1.165) is 13.1 Å². The second-order valence-electron chi connectivity index (χ2n) is 5.03. The summed E-state index contributed by atoms with van der Waals surface area (Å²) in [7, 11) is -3.16. The fraction of sp³-hybridized carbons (Fsp3) is 0.538. The summed E-state index contributed by atoms with van der Waals surface area (Å²) in [5.41, 5.74) is 0. The number of hydrogen-bond donors (Lipinski definition) is 0. The Hall–Kier alpha value is -1.07. The van der Waals surface area contributed by atoms with Gasteiger partial charge in [-0.25, -0.2) is 8.42 Å². The Morgan fingerprint density at radius 1 is 1.33 bits per heavy atom. The van der Waals surface area contributed by atoms with Crippen molar-refractivity contribution in [3.8, 4) is 5.75 Å². The van der Waals surface area contributed by atoms with Crippen molar-refractivity contribution < 1.29 is 13.2 Å². The molecule has 0 aromatic heterocycles. The molecule has 1 aromatic rings. The summed E-state index contributed by atoms with van der Waals surface area (Å²) >= 11 is 0. The lowest BCUT2D eigenvalue weighted by molar-refractivity contribution is 0.0000349. The van der Waals surface area contributed by atoms with E-state index >= 15 is 0 Å². The second-order valence-corrected chi connectivity index (χ2v) is 7.05. The summed E-state index contributed by atoms with van der Waals surface area (Å²) in [5.74, 6) is 0.631. The SMILES string of the molecule is CC(C)N1CC(Oc2cccc(S(C)(=O)=O)c2)C1. The highest BCUT2D eigenvalue weighted by Gasteiger charge is 2.30. The van der Waals surface area contributed by atoms with E-state index in [1.54, 1.807) is 24.3 Å². The monoisotopic (exact) mass is 269 g/mol. The van der Waals surface area contributed by atoms with Crippen molar-refractivity contribution >= 4 is 9.84 Å². The molecule has 4 nitrogen and oxygen atoms in total. The van der Waals surface area contributed by atoms with Crippen molar-refractivity contribution in [2.75, 3.05) is 19.3 Å². The zero-order valence-corrected chi connectivity index (χ0v) is 11.8. The number of hydrogen-bond acceptors (Lipinski definition) is 4. The molecule has 18 heavy (non-hydrogen) atoms. The third-order valence-electron chi connectivity index (χ3n) is 3.14. The van der Waals surface area contributed by atoms with Crippen LogP contribution in [-0.2, 0) is 9.84 Å². The quantitative estimate of drug-likeness (QED) is 0.832. The molecule has 0 unspecified atom stereocenters. The van der Waals surface area contributed by atoms with Crippen molar-refractivity contribution in [1.82, 2.24) is 4.90 Å². The fourth-order valence-electron chi connectivity index (χ4n) is 1.94. The molecule has 0 atom stereocenters. The first kappa shape index (κ1) is 13.4. The number of sulfone groups is 1. The summed E-state index contributed by atoms with van der Waals surface area (Å²) in [6.07, 6.45) is 1.37. The normalized spacial score (nSPS) is 17.8. The highest BCUT2D eigenvalue weighted by Crippen LogP contribution is 2.22. The molecular formula is C13H19NO3S. The van der Waals surface area contributed by atoms with Gasteiger partial charge in [0.1, 0.15) is 11.9 Å². The Bertz CT molecular complexity index is 519. The van der Waals surface area contributed by atoms with Gasteiger partial charge in [0.15, 0.2) is 9.84 Å². The van der Waals surface area contributed by atoms with E-state index in [-0.39, 0.29) is 6.10 Å². The minimum absolute atomic E-state index is 0.169. The van der Waals surface area contributed by atoms with Gasteiger partial charge in [0.25, 0.3) is 0 Å². The molecule has 1 aliphatic heterocycles. The Balaban J connectivity index is 2.00. The standard InChI is InChI=1S/C13H19NO3S/c1-10(2)14-8-12(9-14)17-11-5-4-6-13(7-11)18(3,15)16/h4-7,10,12H,8-9H2,1-3H3. The molecular weight excluding hydrogens is 250 g/mol. The average Bonchev–Trinajstić information content (AvgIpc) is 2.21. The molecule has 0 spiro atoms. The van der Waals surface area contributed by atoms with E-state index in [0.29, 0.717) is 16.7 Å². The smallest absolute Gasteiger partial charge is 0.175 e. The maximum absolute atomic E-state index is 11.4. The molecule has 100 valence electrons. The number of ether oxygens (including phenoxy) is 1. The molecule has 1 saturated heterocycles. The molecule has 0 N–H and O–H groups in total. The van der Waals surface area contributed by atoms with E-state index in [4.69, 9.17) is 4.74 Å². The van der Waals surface area contributed by atoms with E-state index in [2.05, 4.69) is 18.7 Å². The average molecular weight is 269 g/mol. The topological polar surface area (TPSA) is 46.6 Å². The van der Waals surface area contributed by atoms with Crippen LogP contribution in [0.3, 0.4) is 0 Å². The Labute approximate surface area is 108 Å². The molecule has 0 saturated carbocycles. The highest BCUT2D eigenvalue weighted by atomic mass is 32.2. The van der Waals surface area contributed by atoms with Crippen LogP contribution in [0.1, 0.15) is 13.8 Å². The number of benzene rings is 1. The summed E-state index contributed by atoms with van der Waals surface area (Å²) in [6.45, 7) is 6.11. The van der Waals surface area contributed by atoms with Crippen molar-refractivity contribution in [3.63, 3.8) is 0 Å². The van der Waals surface area contributed by atoms with Gasteiger partial charge in [-0.15, -0.1) is 0 Å². The predicted molar refractivity (Wildman–Crippen MR) is 70.7 cm³/mol. The lowest BCUT2D eigenvalue weighted by Crippen LogP contribution is -2.56. The molecule has 0 amide bonds. The third kappa shape index (κ3) is 3.03. The van der Waals surface area contributed by atoms with Gasteiger partial charge in [0, 0.05) is 25.4 Å². The Kier molecular flexibility index (Phi) is 3.64. The molecule has 1 fully saturated rings. The Morgan fingerprint density at radius 2 is 2.00 bits per heavy atom. The van der Waals surface area contributed by atoms with Gasteiger partial charge in [-0.2, -0.15) is 0 Å². The minimum atomic E-state index is -3.16. The van der Waals surface area contributed by atoms with Gasteiger partial charge in [-0.3, -0.25) is 4.90 Å². The Morgan fingerprint density at radius 3 is 2.56 bits per heavy atom. The van der Waals surface area contributed by atoms with Crippen LogP contribution >= 0.6 is 0 Å². The van der Waals surface area contributed by atoms with Crippen LogP contribution in [0.5, 0.6) is 5.75 Å². The first-order valence-electron chi connectivity index (χ1n) is 6.07. The fourth-order valence-corrected chi connectivity index (χ4v) is 2.59. The molecule has 2 rings (SSSR count). The van der Waals surface area contributed by atoms with E-state index in [1.165, 1.54) is 6.26 Å². The van der Waals surface area contributed by atoms with Crippen LogP contribution < -0.4 is 4.74 Å². The van der Waals surface area contributed by atoms with Crippen molar-refractivity contribution in [3.05, 3.63) is 24.3 Å². The summed E-state index contributed by atoms with van der Waals surface area (Å²) in [6, 6.07) is 7.22. The van der Waals surface area contributed by atoms with E-state index in [9.17, 15) is 8.42 Å². The third-order valence-corrected chi connectivity index (χ3v) is 4.25. The summed E-state index contributed by atoms with van der Waals surface area (Å²) in [4.78, 5) is 2.62. The lowest BCUT2D eigenvalue weighted by atomic mass is 10.1. The molecule has 1 aromatic carbocycles. The molecule has 0 aliphatic carbocycles. The zero-order chi connectivity index (χ0) is 13.3. The summed E-state index contributed by atoms with van der Waals surface area (Å²) in [5, 5.41) is 0. The van der Waals surface area contributed by atoms with Gasteiger partial charge < -0.3 is 4.74 Å².